The molecule has 2 N–H and O–H groups in total. The lowest BCUT2D eigenvalue weighted by atomic mass is 10.1. The van der Waals surface area contributed by atoms with Crippen molar-refractivity contribution < 1.29 is 9.53 Å². The summed E-state index contributed by atoms with van der Waals surface area (Å²) in [6.45, 7) is -0.0161. The van der Waals surface area contributed by atoms with Crippen molar-refractivity contribution in [3.63, 3.8) is 0 Å². The summed E-state index contributed by atoms with van der Waals surface area (Å²) >= 11 is 0. The molecule has 0 spiro atoms. The quantitative estimate of drug-likeness (QED) is 0.507. The van der Waals surface area contributed by atoms with Crippen molar-refractivity contribution in [1.29, 1.82) is 0 Å². The molecule has 3 aromatic carbocycles. The highest BCUT2D eigenvalue weighted by Gasteiger charge is 2.05. The third-order valence-corrected chi connectivity index (χ3v) is 4.44. The zero-order chi connectivity index (χ0) is 19.2. The number of aromatic nitrogens is 2. The first kappa shape index (κ1) is 17.8. The lowest BCUT2D eigenvalue weighted by Gasteiger charge is -2.08. The summed E-state index contributed by atoms with van der Waals surface area (Å²) in [5.41, 5.74) is 4.01. The van der Waals surface area contributed by atoms with Gasteiger partial charge in [-0.25, -0.2) is 4.98 Å². The van der Waals surface area contributed by atoms with Crippen molar-refractivity contribution in [3.8, 4) is 5.75 Å². The van der Waals surface area contributed by atoms with Gasteiger partial charge in [-0.15, -0.1) is 0 Å². The van der Waals surface area contributed by atoms with Crippen LogP contribution in [0.3, 0.4) is 0 Å². The van der Waals surface area contributed by atoms with E-state index in [0.717, 1.165) is 35.4 Å². The third-order valence-electron chi connectivity index (χ3n) is 4.44. The van der Waals surface area contributed by atoms with Gasteiger partial charge in [0, 0.05) is 12.1 Å². The molecule has 0 saturated heterocycles. The molecule has 1 amide bonds. The maximum absolute atomic E-state index is 12.0. The number of hydrogen-bond acceptors (Lipinski definition) is 3. The second kappa shape index (κ2) is 8.39. The van der Waals surface area contributed by atoms with E-state index in [1.807, 2.05) is 78.9 Å². The molecule has 5 nitrogen and oxygen atoms in total. The van der Waals surface area contributed by atoms with Gasteiger partial charge in [0.2, 0.25) is 0 Å². The number of para-hydroxylation sites is 3. The monoisotopic (exact) mass is 371 g/mol. The topological polar surface area (TPSA) is 67.0 Å². The van der Waals surface area contributed by atoms with Crippen molar-refractivity contribution in [2.24, 2.45) is 0 Å². The second-order valence-corrected chi connectivity index (χ2v) is 6.55. The molecule has 5 heteroatoms. The van der Waals surface area contributed by atoms with Gasteiger partial charge in [-0.2, -0.15) is 0 Å². The Bertz CT molecular complexity index is 1020. The van der Waals surface area contributed by atoms with Gasteiger partial charge in [-0.1, -0.05) is 42.5 Å². The highest BCUT2D eigenvalue weighted by molar-refractivity contribution is 5.91. The SMILES string of the molecule is O=C(COc1ccccc1)Nc1ccc(CCc2nc3ccccc3[nH]2)cc1. The Balaban J connectivity index is 1.27. The predicted molar refractivity (Wildman–Crippen MR) is 111 cm³/mol. The van der Waals surface area contributed by atoms with Crippen molar-refractivity contribution >= 4 is 22.6 Å². The molecule has 28 heavy (non-hydrogen) atoms. The van der Waals surface area contributed by atoms with Crippen LogP contribution in [0, 0.1) is 0 Å². The minimum Gasteiger partial charge on any atom is -0.484 e. The molecular formula is C23H21N3O2. The molecular weight excluding hydrogens is 350 g/mol. The van der Waals surface area contributed by atoms with Crippen LogP contribution in [0.15, 0.2) is 78.9 Å². The molecule has 0 aliphatic heterocycles. The fourth-order valence-electron chi connectivity index (χ4n) is 3.00. The molecule has 0 fully saturated rings. The van der Waals surface area contributed by atoms with E-state index in [0.29, 0.717) is 5.75 Å². The fourth-order valence-corrected chi connectivity index (χ4v) is 3.00. The van der Waals surface area contributed by atoms with Crippen LogP contribution in [0.25, 0.3) is 11.0 Å². The van der Waals surface area contributed by atoms with Crippen LogP contribution in [0.4, 0.5) is 5.69 Å². The molecule has 4 aromatic rings. The maximum Gasteiger partial charge on any atom is 0.262 e. The van der Waals surface area contributed by atoms with Crippen LogP contribution in [0.1, 0.15) is 11.4 Å². The molecule has 1 aromatic heterocycles. The standard InChI is InChI=1S/C23H21N3O2/c27-23(16-28-19-6-2-1-3-7-19)24-18-13-10-17(11-14-18)12-15-22-25-20-8-4-5-9-21(20)26-22/h1-11,13-14H,12,15-16H2,(H,24,27)(H,25,26). The van der Waals surface area contributed by atoms with Crippen molar-refractivity contribution in [3.05, 3.63) is 90.3 Å². The Morgan fingerprint density at radius 3 is 2.43 bits per heavy atom. The average molecular weight is 371 g/mol. The van der Waals surface area contributed by atoms with E-state index in [2.05, 4.69) is 15.3 Å². The Morgan fingerprint density at radius 2 is 1.64 bits per heavy atom. The number of amides is 1. The predicted octanol–water partition coefficient (Wildman–Crippen LogP) is 4.37. The lowest BCUT2D eigenvalue weighted by molar-refractivity contribution is -0.118. The number of imidazole rings is 1. The van der Waals surface area contributed by atoms with Gasteiger partial charge in [0.1, 0.15) is 11.6 Å². The number of H-pyrrole nitrogens is 1. The molecule has 140 valence electrons. The summed E-state index contributed by atoms with van der Waals surface area (Å²) in [6, 6.07) is 25.2. The summed E-state index contributed by atoms with van der Waals surface area (Å²) < 4.78 is 5.45. The number of benzene rings is 3. The van der Waals surface area contributed by atoms with E-state index in [1.54, 1.807) is 0 Å². The van der Waals surface area contributed by atoms with Gasteiger partial charge in [-0.05, 0) is 48.4 Å². The summed E-state index contributed by atoms with van der Waals surface area (Å²) in [4.78, 5) is 20.0. The van der Waals surface area contributed by atoms with Gasteiger partial charge in [-0.3, -0.25) is 4.79 Å². The molecule has 0 bridgehead atoms. The number of fused-ring (bicyclic) bond motifs is 1. The molecule has 0 atom stereocenters. The van der Waals surface area contributed by atoms with E-state index in [4.69, 9.17) is 4.74 Å². The van der Waals surface area contributed by atoms with Crippen LogP contribution in [-0.2, 0) is 17.6 Å². The zero-order valence-electron chi connectivity index (χ0n) is 15.4. The number of anilines is 1. The molecule has 0 saturated carbocycles. The van der Waals surface area contributed by atoms with E-state index >= 15 is 0 Å². The van der Waals surface area contributed by atoms with Crippen molar-refractivity contribution in [1.82, 2.24) is 9.97 Å². The highest BCUT2D eigenvalue weighted by Crippen LogP contribution is 2.14. The Hall–Kier alpha value is -3.60. The fraction of sp³-hybridized carbons (Fsp3) is 0.130. The number of rotatable bonds is 7. The van der Waals surface area contributed by atoms with Crippen molar-refractivity contribution in [2.75, 3.05) is 11.9 Å². The summed E-state index contributed by atoms with van der Waals surface area (Å²) in [6.07, 6.45) is 1.72. The van der Waals surface area contributed by atoms with Gasteiger partial charge < -0.3 is 15.0 Å². The molecule has 0 unspecified atom stereocenters. The first-order valence-corrected chi connectivity index (χ1v) is 9.26. The minimum absolute atomic E-state index is 0.0161. The Morgan fingerprint density at radius 1 is 0.893 bits per heavy atom. The lowest BCUT2D eigenvalue weighted by Crippen LogP contribution is -2.20. The molecule has 0 aliphatic rings. The Kier molecular flexibility index (Phi) is 5.33. The minimum atomic E-state index is -0.182. The van der Waals surface area contributed by atoms with Gasteiger partial charge >= 0.3 is 0 Å². The highest BCUT2D eigenvalue weighted by atomic mass is 16.5. The number of carbonyl (C=O) groups excluding carboxylic acids is 1. The average Bonchev–Trinajstić information content (AvgIpc) is 3.16. The van der Waals surface area contributed by atoms with Gasteiger partial charge in [0.25, 0.3) is 5.91 Å². The number of hydrogen-bond donors (Lipinski definition) is 2. The zero-order valence-corrected chi connectivity index (χ0v) is 15.4. The number of aromatic amines is 1. The van der Waals surface area contributed by atoms with Crippen molar-refractivity contribution in [2.45, 2.75) is 12.8 Å². The van der Waals surface area contributed by atoms with Gasteiger partial charge in [0.05, 0.1) is 11.0 Å². The number of nitrogens with one attached hydrogen (secondary N) is 2. The number of carbonyl (C=O) groups is 1. The smallest absolute Gasteiger partial charge is 0.262 e. The van der Waals surface area contributed by atoms with Crippen LogP contribution < -0.4 is 10.1 Å². The van der Waals surface area contributed by atoms with Crippen LogP contribution in [-0.4, -0.2) is 22.5 Å². The summed E-state index contributed by atoms with van der Waals surface area (Å²) in [5, 5.41) is 2.85. The van der Waals surface area contributed by atoms with E-state index < -0.39 is 0 Å². The van der Waals surface area contributed by atoms with E-state index in [9.17, 15) is 4.79 Å². The van der Waals surface area contributed by atoms with Gasteiger partial charge in [0.15, 0.2) is 6.61 Å². The molecule has 0 aliphatic carbocycles. The summed E-state index contributed by atoms with van der Waals surface area (Å²) in [7, 11) is 0. The number of nitrogens with zero attached hydrogens (tertiary/aromatic N) is 1. The normalized spacial score (nSPS) is 10.7. The first-order valence-electron chi connectivity index (χ1n) is 9.26. The van der Waals surface area contributed by atoms with E-state index in [1.165, 1.54) is 5.56 Å². The Labute approximate surface area is 163 Å². The third kappa shape index (κ3) is 4.57. The number of aryl methyl sites for hydroxylation is 2. The molecule has 0 radical (unpaired) electrons. The maximum atomic E-state index is 12.0. The number of ether oxygens (including phenoxy) is 1. The van der Waals surface area contributed by atoms with Crippen LogP contribution >= 0.6 is 0 Å². The first-order chi connectivity index (χ1) is 13.8. The van der Waals surface area contributed by atoms with E-state index in [-0.39, 0.29) is 12.5 Å². The largest absolute Gasteiger partial charge is 0.484 e. The van der Waals surface area contributed by atoms with Crippen LogP contribution in [0.2, 0.25) is 0 Å². The molecule has 1 heterocycles. The second-order valence-electron chi connectivity index (χ2n) is 6.55. The summed E-state index contributed by atoms with van der Waals surface area (Å²) in [5.74, 6) is 1.48. The van der Waals surface area contributed by atoms with Crippen LogP contribution in [0.5, 0.6) is 5.75 Å². The molecule has 4 rings (SSSR count).